The number of anilines is 1. The molecule has 1 spiro atoms. The molecular weight excluding hydrogens is 304 g/mol. The number of hydrogen-bond donors (Lipinski definition) is 2. The van der Waals surface area contributed by atoms with Crippen molar-refractivity contribution in [1.82, 2.24) is 4.98 Å². The van der Waals surface area contributed by atoms with Crippen LogP contribution < -0.4 is 16.2 Å². The van der Waals surface area contributed by atoms with E-state index in [1.165, 1.54) is 0 Å². The smallest absolute Gasteiger partial charge is 0.283 e. The van der Waals surface area contributed by atoms with E-state index in [1.54, 1.807) is 18.3 Å². The summed E-state index contributed by atoms with van der Waals surface area (Å²) in [5, 5.41) is 0.370. The summed E-state index contributed by atoms with van der Waals surface area (Å²) in [5.41, 5.74) is 13.4. The maximum Gasteiger partial charge on any atom is 0.283 e. The van der Waals surface area contributed by atoms with Crippen molar-refractivity contribution in [2.45, 2.75) is 12.0 Å². The molecule has 1 atom stereocenters. The Labute approximate surface area is 131 Å². The molecule has 0 fully saturated rings. The number of aliphatic imine (C=N–C) groups is 1. The van der Waals surface area contributed by atoms with Crippen molar-refractivity contribution in [3.8, 4) is 11.5 Å². The van der Waals surface area contributed by atoms with E-state index < -0.39 is 5.54 Å². The normalized spacial score (nSPS) is 22.1. The quantitative estimate of drug-likeness (QED) is 0.574. The maximum absolute atomic E-state index is 6.07. The van der Waals surface area contributed by atoms with Crippen LogP contribution in [-0.4, -0.2) is 17.6 Å². The van der Waals surface area contributed by atoms with Gasteiger partial charge in [-0.05, 0) is 24.3 Å². The van der Waals surface area contributed by atoms with Crippen molar-refractivity contribution in [3.63, 3.8) is 0 Å². The molecule has 0 amide bonds. The molecule has 4 rings (SSSR count). The standard InChI is InChI=1S/C15H13ClN4O2/c16-13-6-10-12(7-19-13)22-11-2-1-8(17)5-9(11)15(10)3-4-21-14(18)20-15/h1-2,5-7H,3-4,17H2,(H2,18,20)/t15-/m0/s1. The zero-order chi connectivity index (χ0) is 15.3. The number of rotatable bonds is 0. The molecule has 0 saturated carbocycles. The fourth-order valence-corrected chi connectivity index (χ4v) is 3.17. The third-order valence-electron chi connectivity index (χ3n) is 3.96. The van der Waals surface area contributed by atoms with E-state index in [0.29, 0.717) is 35.4 Å². The molecule has 7 heteroatoms. The lowest BCUT2D eigenvalue weighted by molar-refractivity contribution is 0.219. The number of halogens is 1. The molecule has 0 bridgehead atoms. The lowest BCUT2D eigenvalue weighted by Crippen LogP contribution is -2.38. The fraction of sp³-hybridized carbons (Fsp3) is 0.200. The van der Waals surface area contributed by atoms with Gasteiger partial charge in [0.15, 0.2) is 5.75 Å². The minimum absolute atomic E-state index is 0.139. The molecule has 1 aromatic carbocycles. The number of nitrogens with zero attached hydrogens (tertiary/aromatic N) is 2. The van der Waals surface area contributed by atoms with E-state index in [-0.39, 0.29) is 6.02 Å². The van der Waals surface area contributed by atoms with E-state index in [2.05, 4.69) is 9.98 Å². The molecular formula is C15H13ClN4O2. The highest BCUT2D eigenvalue weighted by Crippen LogP contribution is 2.52. The lowest BCUT2D eigenvalue weighted by Gasteiger charge is -2.39. The summed E-state index contributed by atoms with van der Waals surface area (Å²) in [6.07, 6.45) is 2.21. The summed E-state index contributed by atoms with van der Waals surface area (Å²) in [6.45, 7) is 0.447. The van der Waals surface area contributed by atoms with Gasteiger partial charge in [0.25, 0.3) is 6.02 Å². The molecule has 112 valence electrons. The van der Waals surface area contributed by atoms with E-state index >= 15 is 0 Å². The molecule has 2 aliphatic rings. The Morgan fingerprint density at radius 1 is 1.14 bits per heavy atom. The van der Waals surface area contributed by atoms with Crippen LogP contribution in [0.1, 0.15) is 17.5 Å². The Hall–Kier alpha value is -2.47. The van der Waals surface area contributed by atoms with Crippen LogP contribution in [0.25, 0.3) is 0 Å². The molecule has 0 radical (unpaired) electrons. The minimum atomic E-state index is -0.715. The number of aromatic nitrogens is 1. The van der Waals surface area contributed by atoms with Crippen LogP contribution in [-0.2, 0) is 10.3 Å². The zero-order valence-electron chi connectivity index (χ0n) is 11.5. The van der Waals surface area contributed by atoms with Crippen LogP contribution in [0, 0.1) is 0 Å². The molecule has 6 nitrogen and oxygen atoms in total. The monoisotopic (exact) mass is 316 g/mol. The Morgan fingerprint density at radius 2 is 1.95 bits per heavy atom. The molecule has 0 aliphatic carbocycles. The Kier molecular flexibility index (Phi) is 2.71. The summed E-state index contributed by atoms with van der Waals surface area (Å²) >= 11 is 6.07. The second-order valence-electron chi connectivity index (χ2n) is 5.27. The van der Waals surface area contributed by atoms with Crippen molar-refractivity contribution in [1.29, 1.82) is 0 Å². The minimum Gasteiger partial charge on any atom is -0.465 e. The first-order chi connectivity index (χ1) is 10.6. The number of ether oxygens (including phenoxy) is 2. The molecule has 3 heterocycles. The Morgan fingerprint density at radius 3 is 2.77 bits per heavy atom. The number of nitrogens with two attached hydrogens (primary N) is 2. The number of nitrogen functional groups attached to an aromatic ring is 1. The molecule has 1 aromatic heterocycles. The van der Waals surface area contributed by atoms with Crippen LogP contribution in [0.2, 0.25) is 5.15 Å². The lowest BCUT2D eigenvalue weighted by atomic mass is 9.78. The number of hydrogen-bond acceptors (Lipinski definition) is 6. The molecule has 0 saturated heterocycles. The van der Waals surface area contributed by atoms with Crippen LogP contribution in [0.5, 0.6) is 11.5 Å². The van der Waals surface area contributed by atoms with Gasteiger partial charge in [0, 0.05) is 23.2 Å². The second-order valence-corrected chi connectivity index (χ2v) is 5.66. The predicted molar refractivity (Wildman–Crippen MR) is 83.1 cm³/mol. The predicted octanol–water partition coefficient (Wildman–Crippen LogP) is 2.40. The van der Waals surface area contributed by atoms with E-state index in [9.17, 15) is 0 Å². The number of amidine groups is 1. The van der Waals surface area contributed by atoms with Gasteiger partial charge in [-0.1, -0.05) is 11.6 Å². The van der Waals surface area contributed by atoms with Gasteiger partial charge in [0.2, 0.25) is 0 Å². The van der Waals surface area contributed by atoms with Crippen LogP contribution in [0.15, 0.2) is 35.5 Å². The molecule has 2 aliphatic heterocycles. The van der Waals surface area contributed by atoms with Crippen LogP contribution in [0.4, 0.5) is 5.69 Å². The molecule has 22 heavy (non-hydrogen) atoms. The summed E-state index contributed by atoms with van der Waals surface area (Å²) in [6, 6.07) is 7.36. The van der Waals surface area contributed by atoms with E-state index in [4.69, 9.17) is 32.5 Å². The van der Waals surface area contributed by atoms with Gasteiger partial charge in [-0.25, -0.2) is 9.98 Å². The highest BCUT2D eigenvalue weighted by atomic mass is 35.5. The first kappa shape index (κ1) is 13.2. The SMILES string of the molecule is NC1=N[C@@]2(CCO1)c1cc(N)ccc1Oc1cnc(Cl)cc12. The average Bonchev–Trinajstić information content (AvgIpc) is 2.49. The van der Waals surface area contributed by atoms with E-state index in [1.807, 2.05) is 12.1 Å². The van der Waals surface area contributed by atoms with Crippen LogP contribution in [0.3, 0.4) is 0 Å². The van der Waals surface area contributed by atoms with Crippen molar-refractivity contribution in [3.05, 3.63) is 46.7 Å². The van der Waals surface area contributed by atoms with Gasteiger partial charge in [-0.2, -0.15) is 0 Å². The van der Waals surface area contributed by atoms with Crippen molar-refractivity contribution in [2.75, 3.05) is 12.3 Å². The van der Waals surface area contributed by atoms with E-state index in [0.717, 1.165) is 11.1 Å². The maximum atomic E-state index is 6.07. The topological polar surface area (TPSA) is 95.8 Å². The van der Waals surface area contributed by atoms with Crippen molar-refractivity contribution in [2.24, 2.45) is 10.7 Å². The first-order valence-corrected chi connectivity index (χ1v) is 7.18. The van der Waals surface area contributed by atoms with Gasteiger partial charge in [0.1, 0.15) is 16.4 Å². The molecule has 2 aromatic rings. The second kappa shape index (κ2) is 4.51. The average molecular weight is 317 g/mol. The summed E-state index contributed by atoms with van der Waals surface area (Å²) in [5.74, 6) is 1.30. The molecule has 4 N–H and O–H groups in total. The van der Waals surface area contributed by atoms with Crippen LogP contribution >= 0.6 is 11.6 Å². The Balaban J connectivity index is 2.05. The summed E-state index contributed by atoms with van der Waals surface area (Å²) < 4.78 is 11.2. The summed E-state index contributed by atoms with van der Waals surface area (Å²) in [4.78, 5) is 8.67. The number of pyridine rings is 1. The number of fused-ring (bicyclic) bond motifs is 4. The van der Waals surface area contributed by atoms with Gasteiger partial charge in [-0.3, -0.25) is 0 Å². The van der Waals surface area contributed by atoms with Gasteiger partial charge >= 0.3 is 0 Å². The first-order valence-electron chi connectivity index (χ1n) is 6.80. The molecule has 0 unspecified atom stereocenters. The third-order valence-corrected chi connectivity index (χ3v) is 4.17. The van der Waals surface area contributed by atoms with Crippen molar-refractivity contribution >= 4 is 23.3 Å². The third kappa shape index (κ3) is 1.80. The zero-order valence-corrected chi connectivity index (χ0v) is 12.3. The van der Waals surface area contributed by atoms with Gasteiger partial charge < -0.3 is 20.9 Å². The number of benzene rings is 1. The highest BCUT2D eigenvalue weighted by Gasteiger charge is 2.45. The van der Waals surface area contributed by atoms with Gasteiger partial charge in [0.05, 0.1) is 12.8 Å². The highest BCUT2D eigenvalue weighted by molar-refractivity contribution is 6.29. The largest absolute Gasteiger partial charge is 0.465 e. The van der Waals surface area contributed by atoms with Gasteiger partial charge in [-0.15, -0.1) is 0 Å². The Bertz CT molecular complexity index is 755. The summed E-state index contributed by atoms with van der Waals surface area (Å²) in [7, 11) is 0. The fourth-order valence-electron chi connectivity index (χ4n) is 3.01. The van der Waals surface area contributed by atoms with Crippen molar-refractivity contribution < 1.29 is 9.47 Å².